The van der Waals surface area contributed by atoms with Crippen LogP contribution in [-0.4, -0.2) is 11.4 Å². The lowest BCUT2D eigenvalue weighted by molar-refractivity contribution is -0.115. The Kier molecular flexibility index (Phi) is 8.42. The Morgan fingerprint density at radius 1 is 0.612 bits per heavy atom. The standard InChI is InChI=1S/C47H43NO/c1-35-25-28-37(29-26-35)46(4)34-45(2,3)48(44(49)32-27-36-17-9-5-10-18-36)43-31-30-41(33-42(43)46)47(38-19-11-6-12-20-38,39-21-13-7-14-22-39)40-23-15-8-16-24-40/h5-33H,34H2,1-4H3/b32-27+/t46-/m1/s1. The molecular formula is C47H43NO. The summed E-state index contributed by atoms with van der Waals surface area (Å²) in [7, 11) is 0. The molecule has 0 unspecified atom stereocenters. The van der Waals surface area contributed by atoms with Crippen molar-refractivity contribution >= 4 is 17.7 Å². The zero-order valence-electron chi connectivity index (χ0n) is 28.8. The molecule has 0 aliphatic carbocycles. The van der Waals surface area contributed by atoms with Crippen molar-refractivity contribution in [1.29, 1.82) is 0 Å². The number of benzene rings is 6. The van der Waals surface area contributed by atoms with E-state index in [-0.39, 0.29) is 11.3 Å². The minimum absolute atomic E-state index is 0.0192. The van der Waals surface area contributed by atoms with Crippen molar-refractivity contribution in [2.24, 2.45) is 0 Å². The second-order valence-corrected chi connectivity index (χ2v) is 14.2. The zero-order valence-corrected chi connectivity index (χ0v) is 28.8. The Hall–Kier alpha value is -5.47. The van der Waals surface area contributed by atoms with Gasteiger partial charge in [0.15, 0.2) is 0 Å². The van der Waals surface area contributed by atoms with E-state index in [0.29, 0.717) is 0 Å². The van der Waals surface area contributed by atoms with E-state index < -0.39 is 11.0 Å². The van der Waals surface area contributed by atoms with Gasteiger partial charge in [-0.2, -0.15) is 0 Å². The zero-order chi connectivity index (χ0) is 34.1. The van der Waals surface area contributed by atoms with Crippen molar-refractivity contribution < 1.29 is 4.79 Å². The third kappa shape index (κ3) is 5.72. The molecule has 0 N–H and O–H groups in total. The number of aryl methyl sites for hydroxylation is 1. The quantitative estimate of drug-likeness (QED) is 0.126. The number of rotatable bonds is 7. The molecule has 0 fully saturated rings. The lowest BCUT2D eigenvalue weighted by atomic mass is 9.61. The molecule has 242 valence electrons. The summed E-state index contributed by atoms with van der Waals surface area (Å²) in [5.74, 6) is -0.0192. The topological polar surface area (TPSA) is 20.3 Å². The van der Waals surface area contributed by atoms with Gasteiger partial charge < -0.3 is 4.90 Å². The minimum atomic E-state index is -0.595. The first-order valence-electron chi connectivity index (χ1n) is 17.2. The summed E-state index contributed by atoms with van der Waals surface area (Å²) in [6.07, 6.45) is 4.41. The van der Waals surface area contributed by atoms with E-state index in [0.717, 1.165) is 23.2 Å². The van der Waals surface area contributed by atoms with E-state index in [9.17, 15) is 4.79 Å². The van der Waals surface area contributed by atoms with Crippen molar-refractivity contribution in [2.45, 2.75) is 50.5 Å². The predicted octanol–water partition coefficient (Wildman–Crippen LogP) is 10.9. The van der Waals surface area contributed by atoms with Crippen LogP contribution in [0.4, 0.5) is 5.69 Å². The first kappa shape index (κ1) is 32.1. The van der Waals surface area contributed by atoms with E-state index in [2.05, 4.69) is 161 Å². The maximum absolute atomic E-state index is 14.3. The molecule has 1 aliphatic heterocycles. The van der Waals surface area contributed by atoms with Crippen LogP contribution in [0.3, 0.4) is 0 Å². The van der Waals surface area contributed by atoms with Gasteiger partial charge in [0.2, 0.25) is 0 Å². The van der Waals surface area contributed by atoms with Gasteiger partial charge in [-0.05, 0) is 78.3 Å². The molecule has 0 aromatic heterocycles. The van der Waals surface area contributed by atoms with Gasteiger partial charge in [0.25, 0.3) is 5.91 Å². The second kappa shape index (κ2) is 12.9. The maximum Gasteiger partial charge on any atom is 0.251 e. The fourth-order valence-electron chi connectivity index (χ4n) is 8.24. The van der Waals surface area contributed by atoms with Crippen LogP contribution in [0, 0.1) is 6.92 Å². The number of hydrogen-bond donors (Lipinski definition) is 0. The fraction of sp³-hybridized carbons (Fsp3) is 0.170. The minimum Gasteiger partial charge on any atom is -0.303 e. The molecule has 2 heteroatoms. The number of anilines is 1. The summed E-state index contributed by atoms with van der Waals surface area (Å²) in [5, 5.41) is 0. The van der Waals surface area contributed by atoms with Gasteiger partial charge in [0, 0.05) is 22.7 Å². The highest BCUT2D eigenvalue weighted by Crippen LogP contribution is 2.53. The Bertz CT molecular complexity index is 1980. The molecule has 6 aromatic rings. The predicted molar refractivity (Wildman–Crippen MR) is 204 cm³/mol. The smallest absolute Gasteiger partial charge is 0.251 e. The molecule has 6 aromatic carbocycles. The number of nitrogens with zero attached hydrogens (tertiary/aromatic N) is 1. The van der Waals surface area contributed by atoms with Gasteiger partial charge in [0.05, 0.1) is 5.41 Å². The monoisotopic (exact) mass is 637 g/mol. The molecule has 1 atom stereocenters. The number of hydrogen-bond acceptors (Lipinski definition) is 1. The second-order valence-electron chi connectivity index (χ2n) is 14.2. The highest BCUT2D eigenvalue weighted by molar-refractivity contribution is 6.06. The molecule has 1 heterocycles. The van der Waals surface area contributed by atoms with Gasteiger partial charge in [-0.3, -0.25) is 4.79 Å². The van der Waals surface area contributed by atoms with E-state index >= 15 is 0 Å². The van der Waals surface area contributed by atoms with Gasteiger partial charge in [-0.25, -0.2) is 0 Å². The van der Waals surface area contributed by atoms with Crippen LogP contribution in [0.15, 0.2) is 170 Å². The Balaban J connectivity index is 1.51. The van der Waals surface area contributed by atoms with Crippen molar-refractivity contribution in [3.63, 3.8) is 0 Å². The molecule has 0 saturated carbocycles. The van der Waals surface area contributed by atoms with E-state index in [1.165, 1.54) is 33.4 Å². The molecular weight excluding hydrogens is 595 g/mol. The molecule has 0 spiro atoms. The highest BCUT2D eigenvalue weighted by atomic mass is 16.2. The van der Waals surface area contributed by atoms with Gasteiger partial charge in [-0.1, -0.05) is 170 Å². The molecule has 0 saturated heterocycles. The Labute approximate surface area is 291 Å². The van der Waals surface area contributed by atoms with Crippen LogP contribution in [-0.2, 0) is 15.6 Å². The summed E-state index contributed by atoms with van der Waals surface area (Å²) in [6.45, 7) is 8.90. The molecule has 49 heavy (non-hydrogen) atoms. The molecule has 1 amide bonds. The SMILES string of the molecule is Cc1ccc([C@@]2(C)CC(C)(C)N(C(=O)/C=C/c3ccccc3)c3ccc(C(c4ccccc4)(c4ccccc4)c4ccccc4)cc32)cc1. The van der Waals surface area contributed by atoms with Crippen molar-refractivity contribution in [2.75, 3.05) is 4.90 Å². The normalized spacial score (nSPS) is 17.1. The highest BCUT2D eigenvalue weighted by Gasteiger charge is 2.49. The van der Waals surface area contributed by atoms with Crippen LogP contribution in [0.5, 0.6) is 0 Å². The average molecular weight is 638 g/mol. The fourth-order valence-corrected chi connectivity index (χ4v) is 8.24. The molecule has 7 rings (SSSR count). The first-order valence-corrected chi connectivity index (χ1v) is 17.2. The Morgan fingerprint density at radius 2 is 1.10 bits per heavy atom. The molecule has 1 aliphatic rings. The number of fused-ring (bicyclic) bond motifs is 1. The third-order valence-electron chi connectivity index (χ3n) is 10.4. The number of amides is 1. The van der Waals surface area contributed by atoms with Crippen molar-refractivity contribution in [3.8, 4) is 0 Å². The third-order valence-corrected chi connectivity index (χ3v) is 10.4. The average Bonchev–Trinajstić information content (AvgIpc) is 3.13. The summed E-state index contributed by atoms with van der Waals surface area (Å²) in [4.78, 5) is 16.4. The van der Waals surface area contributed by atoms with Crippen LogP contribution in [0.25, 0.3) is 6.08 Å². The summed E-state index contributed by atoms with van der Waals surface area (Å²) < 4.78 is 0. The number of carbonyl (C=O) groups excluding carboxylic acids is 1. The van der Waals surface area contributed by atoms with E-state index in [1.54, 1.807) is 6.08 Å². The van der Waals surface area contributed by atoms with E-state index in [4.69, 9.17) is 0 Å². The van der Waals surface area contributed by atoms with Crippen LogP contribution in [0.1, 0.15) is 71.7 Å². The summed E-state index contributed by atoms with van der Waals surface area (Å²) in [5.41, 5.74) is 8.93. The van der Waals surface area contributed by atoms with Crippen LogP contribution >= 0.6 is 0 Å². The van der Waals surface area contributed by atoms with Crippen molar-refractivity contribution in [3.05, 3.63) is 214 Å². The lowest BCUT2D eigenvalue weighted by Crippen LogP contribution is -2.55. The lowest BCUT2D eigenvalue weighted by Gasteiger charge is -2.51. The van der Waals surface area contributed by atoms with Crippen molar-refractivity contribution in [1.82, 2.24) is 0 Å². The van der Waals surface area contributed by atoms with Crippen LogP contribution in [0.2, 0.25) is 0 Å². The molecule has 0 bridgehead atoms. The summed E-state index contributed by atoms with van der Waals surface area (Å²) >= 11 is 0. The molecule has 2 nitrogen and oxygen atoms in total. The number of carbonyl (C=O) groups is 1. The summed E-state index contributed by atoms with van der Waals surface area (Å²) in [6, 6.07) is 58.3. The van der Waals surface area contributed by atoms with E-state index in [1.807, 2.05) is 41.3 Å². The van der Waals surface area contributed by atoms with Gasteiger partial charge in [0.1, 0.15) is 0 Å². The Morgan fingerprint density at radius 3 is 1.61 bits per heavy atom. The first-order chi connectivity index (χ1) is 23.7. The van der Waals surface area contributed by atoms with Gasteiger partial charge in [-0.15, -0.1) is 0 Å². The molecule has 0 radical (unpaired) electrons. The van der Waals surface area contributed by atoms with Gasteiger partial charge >= 0.3 is 0 Å². The van der Waals surface area contributed by atoms with Crippen LogP contribution < -0.4 is 4.90 Å². The largest absolute Gasteiger partial charge is 0.303 e. The maximum atomic E-state index is 14.3.